The summed E-state index contributed by atoms with van der Waals surface area (Å²) in [7, 11) is 0. The average molecular weight is 180 g/mol. The molecule has 2 fully saturated rings. The average Bonchev–Trinajstić information content (AvgIpc) is 2.26. The number of hydrogen-bond acceptors (Lipinski definition) is 2. The Morgan fingerprint density at radius 3 is 2.00 bits per heavy atom. The third-order valence-electron chi connectivity index (χ3n) is 2.05. The second-order valence-corrected chi connectivity index (χ2v) is 2.48. The molecule has 0 aromatic carbocycles. The van der Waals surface area contributed by atoms with Crippen molar-refractivity contribution >= 4 is 17.0 Å². The summed E-state index contributed by atoms with van der Waals surface area (Å²) in [5, 5.41) is 12.1. The number of nitrogens with one attached hydrogen (secondary N) is 1. The van der Waals surface area contributed by atoms with Crippen LogP contribution in [0.2, 0.25) is 0 Å². The lowest BCUT2D eigenvalue weighted by atomic mass is 10.4. The summed E-state index contributed by atoms with van der Waals surface area (Å²) >= 11 is 0. The van der Waals surface area contributed by atoms with Gasteiger partial charge in [0, 0.05) is 24.9 Å². The number of halogens is 1. The fourth-order valence-corrected chi connectivity index (χ4v) is 1.39. The van der Waals surface area contributed by atoms with E-state index in [0.29, 0.717) is 11.8 Å². The molecule has 2 aliphatic rings. The monoisotopic (exact) mass is 179 g/mol. The number of piperidine rings is 1. The molecule has 0 amide bonds. The van der Waals surface area contributed by atoms with Crippen LogP contribution in [0.15, 0.2) is 0 Å². The Hall–Kier alpha value is 0.400. The van der Waals surface area contributed by atoms with Crippen LogP contribution in [0.3, 0.4) is 0 Å². The van der Waals surface area contributed by atoms with Crippen LogP contribution in [0, 0.1) is 11.8 Å². The van der Waals surface area contributed by atoms with Crippen LogP contribution in [-0.4, -0.2) is 24.3 Å². The molecule has 2 nitrogen and oxygen atoms in total. The van der Waals surface area contributed by atoms with Gasteiger partial charge in [0.2, 0.25) is 0 Å². The molecule has 1 saturated carbocycles. The van der Waals surface area contributed by atoms with Crippen LogP contribution >= 0.6 is 17.0 Å². The molecule has 48 valence electrons. The molecule has 0 aromatic rings. The van der Waals surface area contributed by atoms with E-state index in [1.165, 1.54) is 0 Å². The number of aliphatic hydroxyl groups excluding tert-OH is 1. The Morgan fingerprint density at radius 2 is 1.75 bits per heavy atom. The first kappa shape index (κ1) is 6.52. The Labute approximate surface area is 59.0 Å². The first-order chi connectivity index (χ1) is 3.39. The highest BCUT2D eigenvalue weighted by Crippen LogP contribution is 2.41. The van der Waals surface area contributed by atoms with E-state index in [1.54, 1.807) is 0 Å². The molecule has 1 aliphatic heterocycles. The number of aliphatic hydroxyl groups is 1. The second kappa shape index (κ2) is 1.97. The maximum absolute atomic E-state index is 8.91. The van der Waals surface area contributed by atoms with E-state index >= 15 is 0 Å². The lowest BCUT2D eigenvalue weighted by Gasteiger charge is -1.93. The fraction of sp³-hybridized carbons (Fsp3) is 1.00. The van der Waals surface area contributed by atoms with E-state index in [1.807, 2.05) is 0 Å². The normalized spacial score (nSPS) is 49.9. The molecule has 2 atom stereocenters. The Kier molecular flexibility index (Phi) is 1.61. The molecule has 0 radical (unpaired) electrons. The van der Waals surface area contributed by atoms with Gasteiger partial charge in [0.15, 0.2) is 0 Å². The minimum Gasteiger partial charge on any atom is -0.392 e. The largest absolute Gasteiger partial charge is 0.392 e. The van der Waals surface area contributed by atoms with E-state index in [0.717, 1.165) is 13.1 Å². The highest BCUT2D eigenvalue weighted by Gasteiger charge is 2.51. The molecule has 0 bridgehead atoms. The van der Waals surface area contributed by atoms with Crippen molar-refractivity contribution in [2.24, 2.45) is 11.8 Å². The molecular weight excluding hydrogens is 170 g/mol. The minimum absolute atomic E-state index is 0. The van der Waals surface area contributed by atoms with Crippen molar-refractivity contribution in [1.82, 2.24) is 5.32 Å². The topological polar surface area (TPSA) is 32.3 Å². The molecule has 2 unspecified atom stereocenters. The lowest BCUT2D eigenvalue weighted by Crippen LogP contribution is -2.16. The minimum atomic E-state index is 0. The highest BCUT2D eigenvalue weighted by atomic mass is 79.9. The molecule has 8 heavy (non-hydrogen) atoms. The standard InChI is InChI=1S/C5H9NO.BrH/c7-5-3-1-6-2-4(3)5;/h3-7H,1-2H2;1H. The van der Waals surface area contributed by atoms with Crippen molar-refractivity contribution in [3.8, 4) is 0 Å². The van der Waals surface area contributed by atoms with Gasteiger partial charge in [0.25, 0.3) is 0 Å². The summed E-state index contributed by atoms with van der Waals surface area (Å²) in [6.45, 7) is 2.09. The summed E-state index contributed by atoms with van der Waals surface area (Å²) in [4.78, 5) is 0. The Bertz CT molecular complexity index is 88.4. The number of fused-ring (bicyclic) bond motifs is 1. The zero-order valence-corrected chi connectivity index (χ0v) is 6.21. The van der Waals surface area contributed by atoms with Gasteiger partial charge in [-0.2, -0.15) is 0 Å². The van der Waals surface area contributed by atoms with E-state index in [-0.39, 0.29) is 23.1 Å². The Morgan fingerprint density at radius 1 is 1.25 bits per heavy atom. The molecule has 2 rings (SSSR count). The predicted octanol–water partition coefficient (Wildman–Crippen LogP) is -0.226. The summed E-state index contributed by atoms with van der Waals surface area (Å²) < 4.78 is 0. The molecule has 0 aromatic heterocycles. The SMILES string of the molecule is Br.OC1C2CNCC12. The van der Waals surface area contributed by atoms with Crippen molar-refractivity contribution in [3.05, 3.63) is 0 Å². The maximum Gasteiger partial charge on any atom is 0.0629 e. The zero-order valence-electron chi connectivity index (χ0n) is 4.50. The van der Waals surface area contributed by atoms with Crippen LogP contribution < -0.4 is 5.32 Å². The smallest absolute Gasteiger partial charge is 0.0629 e. The van der Waals surface area contributed by atoms with Crippen molar-refractivity contribution < 1.29 is 5.11 Å². The highest BCUT2D eigenvalue weighted by molar-refractivity contribution is 8.93. The van der Waals surface area contributed by atoms with E-state index in [9.17, 15) is 0 Å². The summed E-state index contributed by atoms with van der Waals surface area (Å²) in [5.74, 6) is 1.25. The van der Waals surface area contributed by atoms with Crippen LogP contribution in [0.25, 0.3) is 0 Å². The first-order valence-electron chi connectivity index (χ1n) is 2.78. The summed E-state index contributed by atoms with van der Waals surface area (Å²) in [6, 6.07) is 0. The van der Waals surface area contributed by atoms with E-state index in [4.69, 9.17) is 5.11 Å². The first-order valence-corrected chi connectivity index (χ1v) is 2.78. The molecule has 1 aliphatic carbocycles. The van der Waals surface area contributed by atoms with Crippen molar-refractivity contribution in [2.75, 3.05) is 13.1 Å². The number of hydrogen-bond donors (Lipinski definition) is 2. The van der Waals surface area contributed by atoms with Crippen molar-refractivity contribution in [3.63, 3.8) is 0 Å². The predicted molar refractivity (Wildman–Crippen MR) is 36.2 cm³/mol. The molecule has 3 heteroatoms. The van der Waals surface area contributed by atoms with E-state index in [2.05, 4.69) is 5.32 Å². The van der Waals surface area contributed by atoms with Gasteiger partial charge in [0.1, 0.15) is 0 Å². The van der Waals surface area contributed by atoms with Gasteiger partial charge in [-0.25, -0.2) is 0 Å². The quantitative estimate of drug-likeness (QED) is 0.539. The van der Waals surface area contributed by atoms with Crippen LogP contribution in [0.5, 0.6) is 0 Å². The molecule has 2 N–H and O–H groups in total. The third kappa shape index (κ3) is 0.694. The van der Waals surface area contributed by atoms with Crippen LogP contribution in [-0.2, 0) is 0 Å². The Balaban J connectivity index is 0.000000320. The zero-order chi connectivity index (χ0) is 4.85. The van der Waals surface area contributed by atoms with Crippen molar-refractivity contribution in [2.45, 2.75) is 6.10 Å². The molecular formula is C5H10BrNO. The molecule has 0 spiro atoms. The van der Waals surface area contributed by atoms with Gasteiger partial charge < -0.3 is 10.4 Å². The van der Waals surface area contributed by atoms with Gasteiger partial charge in [-0.15, -0.1) is 17.0 Å². The van der Waals surface area contributed by atoms with Gasteiger partial charge >= 0.3 is 0 Å². The maximum atomic E-state index is 8.91. The van der Waals surface area contributed by atoms with Gasteiger partial charge in [0.05, 0.1) is 6.10 Å². The van der Waals surface area contributed by atoms with E-state index < -0.39 is 0 Å². The summed E-state index contributed by atoms with van der Waals surface area (Å²) in [5.41, 5.74) is 0. The van der Waals surface area contributed by atoms with Gasteiger partial charge in [-0.3, -0.25) is 0 Å². The molecule has 1 saturated heterocycles. The fourth-order valence-electron chi connectivity index (χ4n) is 1.39. The number of rotatable bonds is 0. The summed E-state index contributed by atoms with van der Waals surface area (Å²) in [6.07, 6.45) is 0.0567. The van der Waals surface area contributed by atoms with Gasteiger partial charge in [-0.05, 0) is 0 Å². The van der Waals surface area contributed by atoms with Crippen LogP contribution in [0.4, 0.5) is 0 Å². The van der Waals surface area contributed by atoms with Crippen molar-refractivity contribution in [1.29, 1.82) is 0 Å². The van der Waals surface area contributed by atoms with Gasteiger partial charge in [-0.1, -0.05) is 0 Å². The third-order valence-corrected chi connectivity index (χ3v) is 2.05. The van der Waals surface area contributed by atoms with Crippen LogP contribution in [0.1, 0.15) is 0 Å². The molecule has 1 heterocycles. The lowest BCUT2D eigenvalue weighted by molar-refractivity contribution is 0.237. The second-order valence-electron chi connectivity index (χ2n) is 2.48.